The lowest BCUT2D eigenvalue weighted by atomic mass is 10.0. The van der Waals surface area contributed by atoms with Crippen molar-refractivity contribution in [1.82, 2.24) is 5.32 Å². The van der Waals surface area contributed by atoms with Crippen molar-refractivity contribution in [2.45, 2.75) is 44.7 Å². The van der Waals surface area contributed by atoms with Crippen LogP contribution in [0.5, 0.6) is 11.5 Å². The molecule has 0 saturated heterocycles. The number of halogens is 1. The summed E-state index contributed by atoms with van der Waals surface area (Å²) in [6.07, 6.45) is 5.16. The van der Waals surface area contributed by atoms with Crippen LogP contribution in [0, 0.1) is 0 Å². The highest BCUT2D eigenvalue weighted by Crippen LogP contribution is 2.38. The van der Waals surface area contributed by atoms with E-state index >= 15 is 0 Å². The zero-order valence-corrected chi connectivity index (χ0v) is 12.1. The normalized spacial score (nSPS) is 20.5. The third-order valence-electron chi connectivity index (χ3n) is 4.08. The molecule has 0 atom stereocenters. The summed E-state index contributed by atoms with van der Waals surface area (Å²) in [5.41, 5.74) is 1.43. The molecule has 1 heterocycles. The maximum Gasteiger partial charge on any atom is 0.179 e. The van der Waals surface area contributed by atoms with Crippen LogP contribution >= 0.6 is 11.6 Å². The van der Waals surface area contributed by atoms with E-state index in [1.165, 1.54) is 25.7 Å². The Morgan fingerprint density at radius 2 is 1.95 bits per heavy atom. The van der Waals surface area contributed by atoms with Crippen LogP contribution < -0.4 is 14.8 Å². The first kappa shape index (κ1) is 13.1. The molecule has 19 heavy (non-hydrogen) atoms. The van der Waals surface area contributed by atoms with E-state index in [2.05, 4.69) is 12.2 Å². The maximum atomic E-state index is 6.24. The topological polar surface area (TPSA) is 30.5 Å². The Balaban J connectivity index is 1.72. The van der Waals surface area contributed by atoms with Crippen molar-refractivity contribution in [3.63, 3.8) is 0 Å². The molecule has 0 unspecified atom stereocenters. The first-order valence-electron chi connectivity index (χ1n) is 6.99. The molecule has 1 fully saturated rings. The minimum atomic E-state index is 0.278. The van der Waals surface area contributed by atoms with Gasteiger partial charge in [0.2, 0.25) is 0 Å². The summed E-state index contributed by atoms with van der Waals surface area (Å²) in [6.45, 7) is 4.30. The van der Waals surface area contributed by atoms with E-state index in [1.54, 1.807) is 0 Å². The van der Waals surface area contributed by atoms with E-state index in [0.29, 0.717) is 24.0 Å². The van der Waals surface area contributed by atoms with Crippen molar-refractivity contribution >= 4 is 11.6 Å². The van der Waals surface area contributed by atoms with Crippen molar-refractivity contribution in [2.75, 3.05) is 13.2 Å². The molecule has 1 N–H and O–H groups in total. The van der Waals surface area contributed by atoms with Crippen molar-refractivity contribution in [1.29, 1.82) is 0 Å². The Morgan fingerprint density at radius 3 is 2.74 bits per heavy atom. The van der Waals surface area contributed by atoms with Gasteiger partial charge in [-0.3, -0.25) is 0 Å². The van der Waals surface area contributed by atoms with Crippen LogP contribution in [0.2, 0.25) is 5.02 Å². The molecule has 0 radical (unpaired) electrons. The summed E-state index contributed by atoms with van der Waals surface area (Å²) in [5, 5.41) is 4.30. The summed E-state index contributed by atoms with van der Waals surface area (Å²) in [7, 11) is 0. The molecule has 3 nitrogen and oxygen atoms in total. The van der Waals surface area contributed by atoms with Gasteiger partial charge < -0.3 is 14.8 Å². The van der Waals surface area contributed by atoms with Crippen molar-refractivity contribution in [3.8, 4) is 11.5 Å². The lowest BCUT2D eigenvalue weighted by molar-refractivity contribution is 0.171. The van der Waals surface area contributed by atoms with Gasteiger partial charge in [0.05, 0.1) is 5.02 Å². The summed E-state index contributed by atoms with van der Waals surface area (Å²) in [6, 6.07) is 4.01. The zero-order valence-electron chi connectivity index (χ0n) is 11.3. The second-order valence-corrected chi connectivity index (χ2v) is 6.13. The first-order valence-corrected chi connectivity index (χ1v) is 7.37. The third-order valence-corrected chi connectivity index (χ3v) is 4.36. The van der Waals surface area contributed by atoms with Crippen LogP contribution in [0.15, 0.2) is 12.1 Å². The highest BCUT2D eigenvalue weighted by molar-refractivity contribution is 6.32. The molecule has 104 valence electrons. The molecule has 0 bridgehead atoms. The Labute approximate surface area is 119 Å². The smallest absolute Gasteiger partial charge is 0.179 e. The van der Waals surface area contributed by atoms with Crippen LogP contribution in [-0.4, -0.2) is 18.8 Å². The van der Waals surface area contributed by atoms with Gasteiger partial charge in [-0.1, -0.05) is 24.4 Å². The number of benzene rings is 1. The van der Waals surface area contributed by atoms with Gasteiger partial charge in [0.1, 0.15) is 13.2 Å². The van der Waals surface area contributed by atoms with Crippen LogP contribution in [0.3, 0.4) is 0 Å². The summed E-state index contributed by atoms with van der Waals surface area (Å²) in [4.78, 5) is 0. The fraction of sp³-hybridized carbons (Fsp3) is 0.600. The van der Waals surface area contributed by atoms with Gasteiger partial charge in [-0.05, 0) is 37.5 Å². The molecular formula is C15H20ClNO2. The van der Waals surface area contributed by atoms with E-state index in [0.717, 1.165) is 17.9 Å². The second-order valence-electron chi connectivity index (χ2n) is 5.72. The minimum absolute atomic E-state index is 0.278. The average molecular weight is 282 g/mol. The fourth-order valence-electron chi connectivity index (χ4n) is 2.91. The van der Waals surface area contributed by atoms with E-state index in [-0.39, 0.29) is 5.54 Å². The van der Waals surface area contributed by atoms with E-state index in [1.807, 2.05) is 12.1 Å². The first-order chi connectivity index (χ1) is 9.16. The molecule has 1 aromatic carbocycles. The number of hydrogen-bond donors (Lipinski definition) is 1. The number of nitrogens with one attached hydrogen (secondary N) is 1. The molecule has 0 spiro atoms. The molecule has 1 aromatic rings. The standard InChI is InChI=1S/C15H20ClNO2/c1-15(4-2-3-5-15)17-10-11-8-12(16)14-13(9-11)18-6-7-19-14/h8-9,17H,2-7,10H2,1H3. The summed E-state index contributed by atoms with van der Waals surface area (Å²) >= 11 is 6.24. The molecule has 0 aromatic heterocycles. The second kappa shape index (κ2) is 5.22. The zero-order chi connectivity index (χ0) is 13.3. The minimum Gasteiger partial charge on any atom is -0.486 e. The van der Waals surface area contributed by atoms with Gasteiger partial charge in [0.25, 0.3) is 0 Å². The van der Waals surface area contributed by atoms with Crippen molar-refractivity contribution < 1.29 is 9.47 Å². The molecular weight excluding hydrogens is 262 g/mol. The molecule has 1 saturated carbocycles. The van der Waals surface area contributed by atoms with Crippen molar-refractivity contribution in [3.05, 3.63) is 22.7 Å². The van der Waals surface area contributed by atoms with Crippen LogP contribution in [-0.2, 0) is 6.54 Å². The predicted octanol–water partition coefficient (Wildman–Crippen LogP) is 3.53. The molecule has 1 aliphatic heterocycles. The monoisotopic (exact) mass is 281 g/mol. The Kier molecular flexibility index (Phi) is 3.59. The lowest BCUT2D eigenvalue weighted by Gasteiger charge is -2.26. The summed E-state index contributed by atoms with van der Waals surface area (Å²) < 4.78 is 11.1. The SMILES string of the molecule is CC1(NCc2cc(Cl)c3c(c2)OCCO3)CCCC1. The number of ether oxygens (including phenoxy) is 2. The molecule has 1 aliphatic carbocycles. The van der Waals surface area contributed by atoms with Crippen LogP contribution in [0.25, 0.3) is 0 Å². The third kappa shape index (κ3) is 2.82. The van der Waals surface area contributed by atoms with Gasteiger partial charge in [0, 0.05) is 12.1 Å². The Bertz CT molecular complexity index is 469. The summed E-state index contributed by atoms with van der Waals surface area (Å²) in [5.74, 6) is 1.45. The molecule has 3 rings (SSSR count). The molecule has 4 heteroatoms. The van der Waals surface area contributed by atoms with Crippen LogP contribution in [0.1, 0.15) is 38.2 Å². The predicted molar refractivity (Wildman–Crippen MR) is 76.2 cm³/mol. The Morgan fingerprint density at radius 1 is 1.21 bits per heavy atom. The van der Waals surface area contributed by atoms with Gasteiger partial charge in [-0.2, -0.15) is 0 Å². The van der Waals surface area contributed by atoms with E-state index in [9.17, 15) is 0 Å². The average Bonchev–Trinajstić information content (AvgIpc) is 2.84. The van der Waals surface area contributed by atoms with Gasteiger partial charge in [-0.15, -0.1) is 0 Å². The number of rotatable bonds is 3. The van der Waals surface area contributed by atoms with Gasteiger partial charge >= 0.3 is 0 Å². The van der Waals surface area contributed by atoms with Gasteiger partial charge in [-0.25, -0.2) is 0 Å². The van der Waals surface area contributed by atoms with Crippen molar-refractivity contribution in [2.24, 2.45) is 0 Å². The van der Waals surface area contributed by atoms with E-state index < -0.39 is 0 Å². The van der Waals surface area contributed by atoms with Gasteiger partial charge in [0.15, 0.2) is 11.5 Å². The number of fused-ring (bicyclic) bond motifs is 1. The largest absolute Gasteiger partial charge is 0.486 e. The highest BCUT2D eigenvalue weighted by atomic mass is 35.5. The van der Waals surface area contributed by atoms with Crippen LogP contribution in [0.4, 0.5) is 0 Å². The highest BCUT2D eigenvalue weighted by Gasteiger charge is 2.27. The quantitative estimate of drug-likeness (QED) is 0.919. The fourth-order valence-corrected chi connectivity index (χ4v) is 3.20. The number of hydrogen-bond acceptors (Lipinski definition) is 3. The Hall–Kier alpha value is -0.930. The van der Waals surface area contributed by atoms with E-state index in [4.69, 9.17) is 21.1 Å². The lowest BCUT2D eigenvalue weighted by Crippen LogP contribution is -2.38. The molecule has 2 aliphatic rings. The molecule has 0 amide bonds. The maximum absolute atomic E-state index is 6.24.